The molecule has 0 fully saturated rings. The van der Waals surface area contributed by atoms with E-state index in [1.54, 1.807) is 4.90 Å². The third-order valence-electron chi connectivity index (χ3n) is 2.72. The first-order chi connectivity index (χ1) is 9.38. The summed E-state index contributed by atoms with van der Waals surface area (Å²) in [5, 5.41) is 13.1. The van der Waals surface area contributed by atoms with Crippen molar-refractivity contribution < 1.29 is 19.5 Å². The molecule has 116 valence electrons. The van der Waals surface area contributed by atoms with Crippen molar-refractivity contribution in [2.75, 3.05) is 19.6 Å². The van der Waals surface area contributed by atoms with Crippen LogP contribution in [0.1, 0.15) is 40.0 Å². The van der Waals surface area contributed by atoms with Gasteiger partial charge in [-0.3, -0.25) is 9.59 Å². The first-order valence-electron chi connectivity index (χ1n) is 6.91. The maximum absolute atomic E-state index is 11.9. The molecule has 0 aliphatic rings. The minimum atomic E-state index is -1.12. The van der Waals surface area contributed by atoms with Crippen molar-refractivity contribution in [1.82, 2.24) is 15.5 Å². The van der Waals surface area contributed by atoms with Gasteiger partial charge in [0, 0.05) is 12.6 Å². The van der Waals surface area contributed by atoms with Crippen molar-refractivity contribution >= 4 is 17.9 Å². The van der Waals surface area contributed by atoms with Crippen LogP contribution in [-0.2, 0) is 9.59 Å². The average molecular weight is 287 g/mol. The van der Waals surface area contributed by atoms with Crippen molar-refractivity contribution in [3.63, 3.8) is 0 Å². The number of nitrogens with one attached hydrogen (secondary N) is 2. The number of rotatable bonds is 9. The lowest BCUT2D eigenvalue weighted by atomic mass is 10.2. The highest BCUT2D eigenvalue weighted by molar-refractivity contribution is 5.86. The molecular formula is C13H25N3O4. The molecule has 3 N–H and O–H groups in total. The first kappa shape index (κ1) is 18.2. The standard InChI is InChI=1S/C13H25N3O4/c1-4-5-6-7-16(10(2)3)13(20)15-8-11(17)14-9-12(18)19/h10H,4-9H2,1-3H3,(H,14,17)(H,15,20)(H,18,19). The zero-order valence-electron chi connectivity index (χ0n) is 12.4. The van der Waals surface area contributed by atoms with E-state index in [1.165, 1.54) is 0 Å². The van der Waals surface area contributed by atoms with E-state index in [4.69, 9.17) is 5.11 Å². The maximum atomic E-state index is 11.9. The highest BCUT2D eigenvalue weighted by Gasteiger charge is 2.16. The molecule has 0 saturated carbocycles. The van der Waals surface area contributed by atoms with Crippen LogP contribution in [0.25, 0.3) is 0 Å². The van der Waals surface area contributed by atoms with Gasteiger partial charge >= 0.3 is 12.0 Å². The summed E-state index contributed by atoms with van der Waals surface area (Å²) in [5.74, 6) is -1.63. The van der Waals surface area contributed by atoms with Crippen LogP contribution in [0.5, 0.6) is 0 Å². The summed E-state index contributed by atoms with van der Waals surface area (Å²) in [7, 11) is 0. The molecule has 0 atom stereocenters. The first-order valence-corrected chi connectivity index (χ1v) is 6.91. The van der Waals surface area contributed by atoms with Crippen molar-refractivity contribution in [2.45, 2.75) is 46.1 Å². The summed E-state index contributed by atoms with van der Waals surface area (Å²) >= 11 is 0. The van der Waals surface area contributed by atoms with Gasteiger partial charge in [0.05, 0.1) is 6.54 Å². The van der Waals surface area contributed by atoms with Crippen LogP contribution >= 0.6 is 0 Å². The minimum absolute atomic E-state index is 0.0499. The minimum Gasteiger partial charge on any atom is -0.480 e. The Labute approximate surface area is 119 Å². The van der Waals surface area contributed by atoms with Crippen LogP contribution in [0.4, 0.5) is 4.79 Å². The van der Waals surface area contributed by atoms with Gasteiger partial charge in [-0.05, 0) is 20.3 Å². The Morgan fingerprint density at radius 3 is 2.25 bits per heavy atom. The Bertz CT molecular complexity index is 332. The summed E-state index contributed by atoms with van der Waals surface area (Å²) in [4.78, 5) is 35.2. The lowest BCUT2D eigenvalue weighted by molar-refractivity contribution is -0.137. The average Bonchev–Trinajstić information content (AvgIpc) is 2.38. The highest BCUT2D eigenvalue weighted by atomic mass is 16.4. The normalized spacial score (nSPS) is 10.2. The van der Waals surface area contributed by atoms with Gasteiger partial charge in [-0.15, -0.1) is 0 Å². The fourth-order valence-electron chi connectivity index (χ4n) is 1.62. The smallest absolute Gasteiger partial charge is 0.322 e. The highest BCUT2D eigenvalue weighted by Crippen LogP contribution is 2.03. The second kappa shape index (κ2) is 10.1. The number of unbranched alkanes of at least 4 members (excludes halogenated alkanes) is 2. The Morgan fingerprint density at radius 1 is 1.10 bits per heavy atom. The summed E-state index contributed by atoms with van der Waals surface area (Å²) < 4.78 is 0. The second-order valence-electron chi connectivity index (χ2n) is 4.82. The molecule has 7 heteroatoms. The van der Waals surface area contributed by atoms with Crippen molar-refractivity contribution in [3.8, 4) is 0 Å². The lowest BCUT2D eigenvalue weighted by Gasteiger charge is -2.26. The fourth-order valence-corrected chi connectivity index (χ4v) is 1.62. The Kier molecular flexibility index (Phi) is 9.15. The van der Waals surface area contributed by atoms with Gasteiger partial charge in [0.2, 0.25) is 5.91 Å². The molecule has 0 aromatic carbocycles. The zero-order chi connectivity index (χ0) is 15.5. The van der Waals surface area contributed by atoms with E-state index in [2.05, 4.69) is 17.6 Å². The van der Waals surface area contributed by atoms with Crippen LogP contribution in [-0.4, -0.2) is 53.6 Å². The van der Waals surface area contributed by atoms with Crippen LogP contribution in [0.3, 0.4) is 0 Å². The Balaban J connectivity index is 4.12. The van der Waals surface area contributed by atoms with Gasteiger partial charge in [0.1, 0.15) is 6.54 Å². The van der Waals surface area contributed by atoms with Gasteiger partial charge in [0.25, 0.3) is 0 Å². The second-order valence-corrected chi connectivity index (χ2v) is 4.82. The largest absolute Gasteiger partial charge is 0.480 e. The van der Waals surface area contributed by atoms with Crippen molar-refractivity contribution in [1.29, 1.82) is 0 Å². The number of carboxylic acids is 1. The van der Waals surface area contributed by atoms with Crippen LogP contribution < -0.4 is 10.6 Å². The SMILES string of the molecule is CCCCCN(C(=O)NCC(=O)NCC(=O)O)C(C)C. The van der Waals surface area contributed by atoms with Gasteiger partial charge in [-0.1, -0.05) is 19.8 Å². The van der Waals surface area contributed by atoms with E-state index < -0.39 is 18.4 Å². The van der Waals surface area contributed by atoms with Gasteiger partial charge in [-0.25, -0.2) is 4.79 Å². The number of hydrogen-bond donors (Lipinski definition) is 3. The molecule has 0 unspecified atom stereocenters. The molecule has 0 radical (unpaired) electrons. The van der Waals surface area contributed by atoms with E-state index in [9.17, 15) is 14.4 Å². The summed E-state index contributed by atoms with van der Waals surface area (Å²) in [6.45, 7) is 5.90. The molecule has 0 aliphatic heterocycles. The van der Waals surface area contributed by atoms with E-state index in [-0.39, 0.29) is 18.6 Å². The van der Waals surface area contributed by atoms with Crippen LogP contribution in [0.2, 0.25) is 0 Å². The molecule has 0 saturated heterocycles. The molecule has 0 heterocycles. The number of carboxylic acid groups (broad SMARTS) is 1. The predicted molar refractivity (Wildman–Crippen MR) is 75.4 cm³/mol. The molecule has 0 spiro atoms. The van der Waals surface area contributed by atoms with E-state index >= 15 is 0 Å². The monoisotopic (exact) mass is 287 g/mol. The number of carbonyl (C=O) groups is 3. The molecule has 0 bridgehead atoms. The quantitative estimate of drug-likeness (QED) is 0.546. The Hall–Kier alpha value is -1.79. The third-order valence-corrected chi connectivity index (χ3v) is 2.72. The lowest BCUT2D eigenvalue weighted by Crippen LogP contribution is -2.47. The third kappa shape index (κ3) is 8.34. The molecule has 0 aromatic rings. The fraction of sp³-hybridized carbons (Fsp3) is 0.769. The maximum Gasteiger partial charge on any atom is 0.322 e. The molecule has 20 heavy (non-hydrogen) atoms. The van der Waals surface area contributed by atoms with Crippen molar-refractivity contribution in [3.05, 3.63) is 0 Å². The van der Waals surface area contributed by atoms with Crippen LogP contribution in [0.15, 0.2) is 0 Å². The van der Waals surface area contributed by atoms with Gasteiger partial charge in [-0.2, -0.15) is 0 Å². The number of amides is 3. The summed E-state index contributed by atoms with van der Waals surface area (Å²) in [5.41, 5.74) is 0. The van der Waals surface area contributed by atoms with Crippen LogP contribution in [0, 0.1) is 0 Å². The molecule has 0 aromatic heterocycles. The zero-order valence-corrected chi connectivity index (χ0v) is 12.4. The molecular weight excluding hydrogens is 262 g/mol. The number of aliphatic carboxylic acids is 1. The molecule has 3 amide bonds. The summed E-state index contributed by atoms with van der Waals surface area (Å²) in [6.07, 6.45) is 3.05. The number of urea groups is 1. The molecule has 7 nitrogen and oxygen atoms in total. The van der Waals surface area contributed by atoms with Crippen molar-refractivity contribution in [2.24, 2.45) is 0 Å². The number of hydrogen-bond acceptors (Lipinski definition) is 3. The number of nitrogens with zero attached hydrogens (tertiary/aromatic N) is 1. The molecule has 0 rings (SSSR count). The van der Waals surface area contributed by atoms with E-state index in [1.807, 2.05) is 13.8 Å². The summed E-state index contributed by atoms with van der Waals surface area (Å²) in [6, 6.07) is -0.254. The topological polar surface area (TPSA) is 98.7 Å². The Morgan fingerprint density at radius 2 is 1.75 bits per heavy atom. The number of carbonyl (C=O) groups excluding carboxylic acids is 2. The van der Waals surface area contributed by atoms with Gasteiger partial charge < -0.3 is 20.6 Å². The molecule has 0 aliphatic carbocycles. The van der Waals surface area contributed by atoms with E-state index in [0.29, 0.717) is 6.54 Å². The van der Waals surface area contributed by atoms with Gasteiger partial charge in [0.15, 0.2) is 0 Å². The predicted octanol–water partition coefficient (Wildman–Crippen LogP) is 0.797. The van der Waals surface area contributed by atoms with E-state index in [0.717, 1.165) is 19.3 Å².